The first-order valence-corrected chi connectivity index (χ1v) is 5.91. The van der Waals surface area contributed by atoms with Gasteiger partial charge in [-0.05, 0) is 12.1 Å². The van der Waals surface area contributed by atoms with Crippen LogP contribution in [0, 0.1) is 16.0 Å². The molecule has 0 aliphatic heterocycles. The fraction of sp³-hybridized carbons (Fsp3) is 0.385. The van der Waals surface area contributed by atoms with Gasteiger partial charge in [0.1, 0.15) is 5.75 Å². The van der Waals surface area contributed by atoms with Gasteiger partial charge in [0, 0.05) is 12.0 Å². The summed E-state index contributed by atoms with van der Waals surface area (Å²) in [4.78, 5) is 33.7. The maximum absolute atomic E-state index is 11.6. The number of esters is 2. The first-order valence-electron chi connectivity index (χ1n) is 5.91. The van der Waals surface area contributed by atoms with Crippen LogP contribution in [0.1, 0.15) is 5.56 Å². The van der Waals surface area contributed by atoms with E-state index in [2.05, 4.69) is 9.47 Å². The summed E-state index contributed by atoms with van der Waals surface area (Å²) in [5.41, 5.74) is -0.0336. The van der Waals surface area contributed by atoms with E-state index in [0.717, 1.165) is 14.2 Å². The van der Waals surface area contributed by atoms with Gasteiger partial charge >= 0.3 is 41.5 Å². The molecule has 1 aromatic rings. The maximum atomic E-state index is 11.6. The minimum Gasteiger partial charge on any atom is -1.00 e. The second-order valence-corrected chi connectivity index (χ2v) is 4.05. The minimum absolute atomic E-state index is 0. The van der Waals surface area contributed by atoms with E-state index < -0.39 is 22.8 Å². The molecule has 1 rings (SSSR count). The number of benzene rings is 1. The summed E-state index contributed by atoms with van der Waals surface area (Å²) >= 11 is 0. The van der Waals surface area contributed by atoms with Crippen LogP contribution in [0.4, 0.5) is 5.69 Å². The van der Waals surface area contributed by atoms with Crippen LogP contribution < -0.4 is 34.3 Å². The van der Waals surface area contributed by atoms with Gasteiger partial charge in [0.05, 0.1) is 32.3 Å². The van der Waals surface area contributed by atoms with Gasteiger partial charge < -0.3 is 22.6 Å². The van der Waals surface area contributed by atoms with Gasteiger partial charge in [-0.15, -0.1) is 0 Å². The summed E-state index contributed by atoms with van der Waals surface area (Å²) in [6.07, 6.45) is -0.195. The Hall–Kier alpha value is -1.58. The molecule has 0 amide bonds. The molecule has 4 radical (unpaired) electrons. The molecule has 23 heavy (non-hydrogen) atoms. The van der Waals surface area contributed by atoms with Crippen LogP contribution >= 0.6 is 0 Å². The summed E-state index contributed by atoms with van der Waals surface area (Å²) in [6.45, 7) is 0. The van der Waals surface area contributed by atoms with E-state index in [9.17, 15) is 19.7 Å². The molecule has 0 saturated heterocycles. The van der Waals surface area contributed by atoms with Gasteiger partial charge in [-0.25, -0.2) is 0 Å². The zero-order valence-electron chi connectivity index (χ0n) is 13.4. The summed E-state index contributed by atoms with van der Waals surface area (Å²) in [5.74, 6) is -2.58. The topological polar surface area (TPSA) is 105 Å². The molecule has 0 heterocycles. The Morgan fingerprint density at radius 1 is 1.17 bits per heavy atom. The molecule has 0 atom stereocenters. The second kappa shape index (κ2) is 11.0. The Balaban J connectivity index is 0. The van der Waals surface area contributed by atoms with Crippen molar-refractivity contribution in [3.63, 3.8) is 0 Å². The Morgan fingerprint density at radius 2 is 1.70 bits per heavy atom. The van der Waals surface area contributed by atoms with E-state index in [4.69, 9.17) is 4.74 Å². The van der Waals surface area contributed by atoms with Crippen LogP contribution in [0.2, 0.25) is 0 Å². The molecule has 0 saturated carbocycles. The van der Waals surface area contributed by atoms with E-state index >= 15 is 0 Å². The SMILES string of the molecule is COC(=O)C(Cc1ccc(OC)cc1[N+](=O)[O-])C(=O)OC.[B-].[Na+]. The van der Waals surface area contributed by atoms with Crippen molar-refractivity contribution in [3.05, 3.63) is 33.9 Å². The molecule has 0 unspecified atom stereocenters. The van der Waals surface area contributed by atoms with E-state index in [1.165, 1.54) is 25.3 Å². The fourth-order valence-corrected chi connectivity index (χ4v) is 1.78. The molecule has 0 N–H and O–H groups in total. The van der Waals surface area contributed by atoms with Gasteiger partial charge in [0.25, 0.3) is 5.69 Å². The summed E-state index contributed by atoms with van der Waals surface area (Å²) in [5, 5.41) is 11.1. The molecular formula is C13H15BNNaO7. The Bertz CT molecular complexity index is 551. The molecular weight excluding hydrogens is 316 g/mol. The summed E-state index contributed by atoms with van der Waals surface area (Å²) in [7, 11) is 3.63. The number of rotatable bonds is 6. The molecule has 118 valence electrons. The van der Waals surface area contributed by atoms with E-state index in [-0.39, 0.29) is 55.6 Å². The number of carbonyl (C=O) groups is 2. The smallest absolute Gasteiger partial charge is 1.00 e. The number of ether oxygens (including phenoxy) is 3. The van der Waals surface area contributed by atoms with Gasteiger partial charge in [-0.2, -0.15) is 0 Å². The van der Waals surface area contributed by atoms with Crippen LogP contribution in [0.5, 0.6) is 5.75 Å². The number of hydrogen-bond donors (Lipinski definition) is 0. The van der Waals surface area contributed by atoms with Crippen molar-refractivity contribution in [1.82, 2.24) is 0 Å². The Kier molecular flexibility index (Phi) is 11.4. The van der Waals surface area contributed by atoms with Gasteiger partial charge in [0.15, 0.2) is 5.92 Å². The number of nitrogens with zero attached hydrogens (tertiary/aromatic N) is 1. The van der Waals surface area contributed by atoms with Crippen molar-refractivity contribution < 1.29 is 58.3 Å². The molecule has 8 nitrogen and oxygen atoms in total. The van der Waals surface area contributed by atoms with Crippen molar-refractivity contribution in [2.75, 3.05) is 21.3 Å². The van der Waals surface area contributed by atoms with Crippen molar-refractivity contribution >= 4 is 26.0 Å². The normalized spacial score (nSPS) is 9.22. The average Bonchev–Trinajstić information content (AvgIpc) is 2.50. The minimum atomic E-state index is -1.26. The Morgan fingerprint density at radius 3 is 2.09 bits per heavy atom. The van der Waals surface area contributed by atoms with Crippen LogP contribution in [0.25, 0.3) is 0 Å². The van der Waals surface area contributed by atoms with Crippen molar-refractivity contribution in [2.24, 2.45) is 5.92 Å². The standard InChI is InChI=1S/C13H15NO7.B.Na/c1-19-9-5-4-8(11(7-9)14(17)18)6-10(12(15)20-2)13(16)21-3;;/h4-5,7,10H,6H2,1-3H3;;/q;-1;+1. The van der Waals surface area contributed by atoms with Crippen LogP contribution in [-0.2, 0) is 25.5 Å². The van der Waals surface area contributed by atoms with Crippen molar-refractivity contribution in [1.29, 1.82) is 0 Å². The molecule has 0 aliphatic carbocycles. The number of hydrogen-bond acceptors (Lipinski definition) is 7. The number of nitro benzene ring substituents is 1. The van der Waals surface area contributed by atoms with Crippen LogP contribution in [0.3, 0.4) is 0 Å². The average molecular weight is 331 g/mol. The van der Waals surface area contributed by atoms with Gasteiger partial charge in [-0.3, -0.25) is 19.7 Å². The van der Waals surface area contributed by atoms with Crippen molar-refractivity contribution in [2.45, 2.75) is 6.42 Å². The first-order chi connectivity index (χ1) is 9.94. The van der Waals surface area contributed by atoms with Gasteiger partial charge in [0.2, 0.25) is 0 Å². The summed E-state index contributed by atoms with van der Waals surface area (Å²) < 4.78 is 14.0. The molecule has 0 aliphatic rings. The third kappa shape index (κ3) is 6.21. The molecule has 0 aromatic heterocycles. The van der Waals surface area contributed by atoms with E-state index in [0.29, 0.717) is 5.75 Å². The predicted molar refractivity (Wildman–Crippen MR) is 76.6 cm³/mol. The zero-order valence-corrected chi connectivity index (χ0v) is 15.4. The Labute approximate surface area is 157 Å². The molecule has 0 bridgehead atoms. The third-order valence-electron chi connectivity index (χ3n) is 2.88. The first kappa shape index (κ1) is 23.7. The number of carbonyl (C=O) groups excluding carboxylic acids is 2. The predicted octanol–water partition coefficient (Wildman–Crippen LogP) is -2.27. The molecule has 10 heteroatoms. The maximum Gasteiger partial charge on any atom is 1.00 e. The monoisotopic (exact) mass is 331 g/mol. The third-order valence-corrected chi connectivity index (χ3v) is 2.88. The zero-order chi connectivity index (χ0) is 16.0. The van der Waals surface area contributed by atoms with Crippen LogP contribution in [-0.4, -0.2) is 46.6 Å². The van der Waals surface area contributed by atoms with Gasteiger partial charge in [-0.1, -0.05) is 0 Å². The fourth-order valence-electron chi connectivity index (χ4n) is 1.78. The van der Waals surface area contributed by atoms with Crippen molar-refractivity contribution in [3.8, 4) is 5.75 Å². The van der Waals surface area contributed by atoms with Crippen LogP contribution in [0.15, 0.2) is 18.2 Å². The molecule has 0 spiro atoms. The van der Waals surface area contributed by atoms with E-state index in [1.54, 1.807) is 0 Å². The number of nitro groups is 1. The quantitative estimate of drug-likeness (QED) is 0.190. The molecule has 1 aromatic carbocycles. The summed E-state index contributed by atoms with van der Waals surface area (Å²) in [6, 6.07) is 4.16. The largest absolute Gasteiger partial charge is 1.00 e. The molecule has 0 fully saturated rings. The number of methoxy groups -OCH3 is 3. The second-order valence-electron chi connectivity index (χ2n) is 4.05. The van der Waals surface area contributed by atoms with E-state index in [1.807, 2.05) is 0 Å².